The van der Waals surface area contributed by atoms with E-state index in [-0.39, 0.29) is 29.8 Å². The van der Waals surface area contributed by atoms with E-state index in [0.717, 1.165) is 64.7 Å². The van der Waals surface area contributed by atoms with Crippen LogP contribution in [0.2, 0.25) is 0 Å². The van der Waals surface area contributed by atoms with Crippen molar-refractivity contribution in [1.29, 1.82) is 0 Å². The lowest BCUT2D eigenvalue weighted by molar-refractivity contribution is 0.0220. The van der Waals surface area contributed by atoms with Crippen molar-refractivity contribution in [3.8, 4) is 5.75 Å². The number of guanidine groups is 1. The molecule has 1 saturated heterocycles. The second-order valence-electron chi connectivity index (χ2n) is 6.65. The third kappa shape index (κ3) is 9.88. The van der Waals surface area contributed by atoms with Crippen LogP contribution in [0.3, 0.4) is 0 Å². The Balaban J connectivity index is 0.00000392. The molecule has 6 nitrogen and oxygen atoms in total. The van der Waals surface area contributed by atoms with E-state index in [2.05, 4.69) is 29.4 Å². The number of halogens is 2. The van der Waals surface area contributed by atoms with Crippen LogP contribution in [0.25, 0.3) is 0 Å². The molecule has 1 atom stereocenters. The topological polar surface area (TPSA) is 58.1 Å². The molecule has 1 fully saturated rings. The SMILES string of the molecule is CCNC(=NCC(C)N1CCOCC1)NCCCCOc1ccc(F)cc1.I. The van der Waals surface area contributed by atoms with Crippen LogP contribution >= 0.6 is 24.0 Å². The van der Waals surface area contributed by atoms with Gasteiger partial charge >= 0.3 is 0 Å². The van der Waals surface area contributed by atoms with Crippen molar-refractivity contribution in [3.63, 3.8) is 0 Å². The Bertz CT molecular complexity index is 554. The molecular formula is C20H34FIN4O2. The highest BCUT2D eigenvalue weighted by Crippen LogP contribution is 2.11. The van der Waals surface area contributed by atoms with Crippen molar-refractivity contribution in [1.82, 2.24) is 15.5 Å². The normalized spacial score (nSPS) is 16.2. The lowest BCUT2D eigenvalue weighted by Crippen LogP contribution is -2.44. The lowest BCUT2D eigenvalue weighted by Gasteiger charge is -2.31. The quantitative estimate of drug-likeness (QED) is 0.220. The summed E-state index contributed by atoms with van der Waals surface area (Å²) >= 11 is 0. The van der Waals surface area contributed by atoms with E-state index >= 15 is 0 Å². The molecule has 1 heterocycles. The summed E-state index contributed by atoms with van der Waals surface area (Å²) in [6.07, 6.45) is 1.90. The number of morpholine rings is 1. The summed E-state index contributed by atoms with van der Waals surface area (Å²) in [5, 5.41) is 6.67. The number of nitrogens with one attached hydrogen (secondary N) is 2. The fourth-order valence-corrected chi connectivity index (χ4v) is 2.85. The monoisotopic (exact) mass is 508 g/mol. The fourth-order valence-electron chi connectivity index (χ4n) is 2.85. The predicted octanol–water partition coefficient (Wildman–Crippen LogP) is 2.88. The zero-order chi connectivity index (χ0) is 19.3. The standard InChI is InChI=1S/C20H33FN4O2.HI/c1-3-22-20(24-16-17(2)25-11-14-26-15-12-25)23-10-4-5-13-27-19-8-6-18(21)7-9-19;/h6-9,17H,3-5,10-16H2,1-2H3,(H2,22,23,24);1H. The summed E-state index contributed by atoms with van der Waals surface area (Å²) in [7, 11) is 0. The van der Waals surface area contributed by atoms with Crippen molar-refractivity contribution in [2.75, 3.05) is 52.5 Å². The molecule has 1 unspecified atom stereocenters. The maximum atomic E-state index is 12.8. The van der Waals surface area contributed by atoms with Crippen LogP contribution in [0.15, 0.2) is 29.3 Å². The zero-order valence-electron chi connectivity index (χ0n) is 17.0. The number of hydrogen-bond acceptors (Lipinski definition) is 4. The van der Waals surface area contributed by atoms with Crippen LogP contribution < -0.4 is 15.4 Å². The number of nitrogens with zero attached hydrogens (tertiary/aromatic N) is 2. The highest BCUT2D eigenvalue weighted by atomic mass is 127. The van der Waals surface area contributed by atoms with Gasteiger partial charge in [-0.15, -0.1) is 24.0 Å². The molecule has 160 valence electrons. The molecule has 1 aromatic rings. The van der Waals surface area contributed by atoms with Crippen LogP contribution in [-0.2, 0) is 4.74 Å². The predicted molar refractivity (Wildman–Crippen MR) is 122 cm³/mol. The van der Waals surface area contributed by atoms with Crippen molar-refractivity contribution in [2.24, 2.45) is 4.99 Å². The molecule has 0 bridgehead atoms. The van der Waals surface area contributed by atoms with E-state index in [9.17, 15) is 4.39 Å². The van der Waals surface area contributed by atoms with Gasteiger partial charge in [-0.05, 0) is 51.0 Å². The van der Waals surface area contributed by atoms with Crippen LogP contribution in [0.4, 0.5) is 4.39 Å². The first kappa shape index (κ1) is 24.9. The molecule has 8 heteroatoms. The average Bonchev–Trinajstić information content (AvgIpc) is 2.70. The third-order valence-electron chi connectivity index (χ3n) is 4.47. The van der Waals surface area contributed by atoms with Gasteiger partial charge in [0.05, 0.1) is 26.4 Å². The molecule has 1 aromatic carbocycles. The van der Waals surface area contributed by atoms with Crippen LogP contribution in [-0.4, -0.2) is 69.4 Å². The lowest BCUT2D eigenvalue weighted by atomic mass is 10.2. The Morgan fingerprint density at radius 3 is 2.61 bits per heavy atom. The van der Waals surface area contributed by atoms with Crippen LogP contribution in [0, 0.1) is 5.82 Å². The minimum absolute atomic E-state index is 0. The Kier molecular flexibility index (Phi) is 13.2. The van der Waals surface area contributed by atoms with Crippen LogP contribution in [0.5, 0.6) is 5.75 Å². The molecular weight excluding hydrogens is 474 g/mol. The van der Waals surface area contributed by atoms with Crippen LogP contribution in [0.1, 0.15) is 26.7 Å². The first-order valence-electron chi connectivity index (χ1n) is 9.91. The summed E-state index contributed by atoms with van der Waals surface area (Å²) in [6.45, 7) is 10.9. The molecule has 0 saturated carbocycles. The van der Waals surface area contributed by atoms with E-state index in [0.29, 0.717) is 18.4 Å². The minimum atomic E-state index is -0.246. The summed E-state index contributed by atoms with van der Waals surface area (Å²) in [6, 6.07) is 6.54. The summed E-state index contributed by atoms with van der Waals surface area (Å²) < 4.78 is 23.9. The number of aliphatic imine (C=N–C) groups is 1. The minimum Gasteiger partial charge on any atom is -0.494 e. The van der Waals surface area contributed by atoms with E-state index < -0.39 is 0 Å². The van der Waals surface area contributed by atoms with Gasteiger partial charge in [0.2, 0.25) is 0 Å². The maximum absolute atomic E-state index is 12.8. The smallest absolute Gasteiger partial charge is 0.191 e. The molecule has 28 heavy (non-hydrogen) atoms. The Hall–Kier alpha value is -1.13. The van der Waals surface area contributed by atoms with E-state index in [4.69, 9.17) is 14.5 Å². The summed E-state index contributed by atoms with van der Waals surface area (Å²) in [5.41, 5.74) is 0. The Morgan fingerprint density at radius 2 is 1.93 bits per heavy atom. The third-order valence-corrected chi connectivity index (χ3v) is 4.47. The Labute approximate surface area is 185 Å². The van der Waals surface area contributed by atoms with Gasteiger partial charge in [-0.2, -0.15) is 0 Å². The summed E-state index contributed by atoms with van der Waals surface area (Å²) in [4.78, 5) is 7.13. The van der Waals surface area contributed by atoms with Gasteiger partial charge in [-0.25, -0.2) is 4.39 Å². The van der Waals surface area contributed by atoms with Gasteiger partial charge in [0.25, 0.3) is 0 Å². The number of unbranched alkanes of at least 4 members (excludes halogenated alkanes) is 1. The van der Waals surface area contributed by atoms with Gasteiger partial charge in [-0.3, -0.25) is 9.89 Å². The van der Waals surface area contributed by atoms with Gasteiger partial charge < -0.3 is 20.1 Å². The van der Waals surface area contributed by atoms with Gasteiger partial charge in [0.15, 0.2) is 5.96 Å². The van der Waals surface area contributed by atoms with Gasteiger partial charge in [0, 0.05) is 32.2 Å². The molecule has 0 aliphatic carbocycles. The highest BCUT2D eigenvalue weighted by Gasteiger charge is 2.16. The van der Waals surface area contributed by atoms with E-state index in [1.54, 1.807) is 12.1 Å². The number of rotatable bonds is 10. The maximum Gasteiger partial charge on any atom is 0.191 e. The van der Waals surface area contributed by atoms with Crippen molar-refractivity contribution in [2.45, 2.75) is 32.7 Å². The molecule has 2 N–H and O–H groups in total. The van der Waals surface area contributed by atoms with Crippen molar-refractivity contribution < 1.29 is 13.9 Å². The van der Waals surface area contributed by atoms with Gasteiger partial charge in [0.1, 0.15) is 11.6 Å². The largest absolute Gasteiger partial charge is 0.494 e. The van der Waals surface area contributed by atoms with Crippen molar-refractivity contribution in [3.05, 3.63) is 30.1 Å². The number of hydrogen-bond donors (Lipinski definition) is 2. The van der Waals surface area contributed by atoms with E-state index in [1.165, 1.54) is 12.1 Å². The first-order valence-corrected chi connectivity index (χ1v) is 9.91. The van der Waals surface area contributed by atoms with E-state index in [1.807, 2.05) is 0 Å². The second kappa shape index (κ2) is 14.8. The average molecular weight is 508 g/mol. The number of ether oxygens (including phenoxy) is 2. The molecule has 1 aliphatic rings. The Morgan fingerprint density at radius 1 is 1.21 bits per heavy atom. The summed E-state index contributed by atoms with van der Waals surface area (Å²) in [5.74, 6) is 1.32. The zero-order valence-corrected chi connectivity index (χ0v) is 19.3. The molecule has 0 aromatic heterocycles. The molecule has 0 amide bonds. The number of benzene rings is 1. The first-order chi connectivity index (χ1) is 13.2. The molecule has 0 spiro atoms. The van der Waals surface area contributed by atoms with Gasteiger partial charge in [-0.1, -0.05) is 0 Å². The molecule has 1 aliphatic heterocycles. The van der Waals surface area contributed by atoms with Crippen molar-refractivity contribution >= 4 is 29.9 Å². The molecule has 0 radical (unpaired) electrons. The highest BCUT2D eigenvalue weighted by molar-refractivity contribution is 14.0. The molecule has 2 rings (SSSR count). The fraction of sp³-hybridized carbons (Fsp3) is 0.650. The second-order valence-corrected chi connectivity index (χ2v) is 6.65.